The fourth-order valence-corrected chi connectivity index (χ4v) is 4.63. The Bertz CT molecular complexity index is 758. The van der Waals surface area contributed by atoms with Gasteiger partial charge in [0.05, 0.1) is 4.90 Å². The van der Waals surface area contributed by atoms with Crippen molar-refractivity contribution in [3.63, 3.8) is 0 Å². The summed E-state index contributed by atoms with van der Waals surface area (Å²) in [5.74, 6) is -1.59. The lowest BCUT2D eigenvalue weighted by molar-refractivity contribution is -0.140. The molecule has 1 heterocycles. The van der Waals surface area contributed by atoms with E-state index in [1.54, 1.807) is 13.8 Å². The van der Waals surface area contributed by atoms with E-state index in [0.29, 0.717) is 19.0 Å². The third kappa shape index (κ3) is 4.62. The molecule has 0 radical (unpaired) electrons. The fraction of sp³-hybridized carbons (Fsp3) is 0.556. The maximum Gasteiger partial charge on any atom is 0.326 e. The number of nitrogens with one attached hydrogen (secondary N) is 1. The lowest BCUT2D eigenvalue weighted by Gasteiger charge is -2.30. The summed E-state index contributed by atoms with van der Waals surface area (Å²) in [6.07, 6.45) is 1.86. The van der Waals surface area contributed by atoms with Crippen LogP contribution in [0.5, 0.6) is 0 Å². The van der Waals surface area contributed by atoms with Crippen molar-refractivity contribution in [2.45, 2.75) is 44.6 Å². The van der Waals surface area contributed by atoms with Gasteiger partial charge in [0.1, 0.15) is 6.04 Å². The number of carboxylic acid groups (broad SMARTS) is 1. The zero-order valence-electron chi connectivity index (χ0n) is 15.3. The molecule has 2 rings (SSSR count). The number of piperidine rings is 1. The number of carbonyl (C=O) groups excluding carboxylic acids is 1. The maximum absolute atomic E-state index is 12.7. The SMILES string of the molecule is CC1CCCN(S(=O)(=O)c2ccc(C(=O)NC(C(=O)O)C(C)C)cc2)C1. The van der Waals surface area contributed by atoms with Gasteiger partial charge in [-0.05, 0) is 48.9 Å². The van der Waals surface area contributed by atoms with Crippen LogP contribution in [-0.2, 0) is 14.8 Å². The Morgan fingerprint density at radius 3 is 2.35 bits per heavy atom. The zero-order chi connectivity index (χ0) is 19.5. The standard InChI is InChI=1S/C18H26N2O5S/c1-12(2)16(18(22)23)19-17(21)14-6-8-15(9-7-14)26(24,25)20-10-4-5-13(3)11-20/h6-9,12-13,16H,4-5,10-11H2,1-3H3,(H,19,21)(H,22,23). The van der Waals surface area contributed by atoms with Gasteiger partial charge in [-0.25, -0.2) is 13.2 Å². The van der Waals surface area contributed by atoms with E-state index in [0.717, 1.165) is 12.8 Å². The molecule has 2 N–H and O–H groups in total. The van der Waals surface area contributed by atoms with E-state index in [9.17, 15) is 18.0 Å². The van der Waals surface area contributed by atoms with Crippen molar-refractivity contribution in [1.82, 2.24) is 9.62 Å². The number of sulfonamides is 1. The highest BCUT2D eigenvalue weighted by Crippen LogP contribution is 2.23. The molecule has 0 saturated carbocycles. The quantitative estimate of drug-likeness (QED) is 0.783. The first-order chi connectivity index (χ1) is 12.1. The third-order valence-corrected chi connectivity index (χ3v) is 6.47. The Hall–Kier alpha value is -1.93. The predicted molar refractivity (Wildman–Crippen MR) is 97.3 cm³/mol. The van der Waals surface area contributed by atoms with Gasteiger partial charge in [0.25, 0.3) is 5.91 Å². The number of rotatable bonds is 6. The summed E-state index contributed by atoms with van der Waals surface area (Å²) in [5, 5.41) is 11.6. The van der Waals surface area contributed by atoms with Crippen molar-refractivity contribution in [1.29, 1.82) is 0 Å². The van der Waals surface area contributed by atoms with Gasteiger partial charge < -0.3 is 10.4 Å². The molecule has 0 spiro atoms. The van der Waals surface area contributed by atoms with Crippen molar-refractivity contribution in [3.05, 3.63) is 29.8 Å². The van der Waals surface area contributed by atoms with Crippen molar-refractivity contribution in [3.8, 4) is 0 Å². The summed E-state index contributed by atoms with van der Waals surface area (Å²) in [4.78, 5) is 23.6. The molecule has 0 aromatic heterocycles. The van der Waals surface area contributed by atoms with E-state index in [1.807, 2.05) is 6.92 Å². The molecule has 1 aromatic rings. The Morgan fingerprint density at radius 1 is 1.23 bits per heavy atom. The molecule has 2 unspecified atom stereocenters. The molecular formula is C18H26N2O5S. The number of hydrogen-bond donors (Lipinski definition) is 2. The smallest absolute Gasteiger partial charge is 0.326 e. The van der Waals surface area contributed by atoms with Crippen LogP contribution in [0, 0.1) is 11.8 Å². The molecule has 144 valence electrons. The zero-order valence-corrected chi connectivity index (χ0v) is 16.1. The van der Waals surface area contributed by atoms with Gasteiger partial charge in [-0.1, -0.05) is 20.8 Å². The van der Waals surface area contributed by atoms with Gasteiger partial charge in [-0.2, -0.15) is 4.31 Å². The maximum atomic E-state index is 12.7. The van der Waals surface area contributed by atoms with Gasteiger partial charge in [0.2, 0.25) is 10.0 Å². The molecule has 8 heteroatoms. The summed E-state index contributed by atoms with van der Waals surface area (Å²) in [5.41, 5.74) is 0.225. The Balaban J connectivity index is 2.14. The second-order valence-corrected chi connectivity index (χ2v) is 9.11. The van der Waals surface area contributed by atoms with Crippen LogP contribution >= 0.6 is 0 Å². The van der Waals surface area contributed by atoms with Gasteiger partial charge in [0, 0.05) is 18.7 Å². The van der Waals surface area contributed by atoms with E-state index >= 15 is 0 Å². The van der Waals surface area contributed by atoms with E-state index in [4.69, 9.17) is 5.11 Å². The Labute approximate surface area is 154 Å². The number of carboxylic acids is 1. The van der Waals surface area contributed by atoms with Crippen LogP contribution in [0.15, 0.2) is 29.2 Å². The summed E-state index contributed by atoms with van der Waals surface area (Å²) < 4.78 is 26.9. The number of nitrogens with zero attached hydrogens (tertiary/aromatic N) is 1. The average Bonchev–Trinajstić information content (AvgIpc) is 2.59. The molecule has 1 fully saturated rings. The molecule has 2 atom stereocenters. The average molecular weight is 382 g/mol. The van der Waals surface area contributed by atoms with E-state index in [2.05, 4.69) is 5.32 Å². The van der Waals surface area contributed by atoms with Crippen molar-refractivity contribution >= 4 is 21.9 Å². The summed E-state index contributed by atoms with van der Waals surface area (Å²) >= 11 is 0. The Morgan fingerprint density at radius 2 is 1.85 bits per heavy atom. The largest absolute Gasteiger partial charge is 0.480 e. The molecular weight excluding hydrogens is 356 g/mol. The van der Waals surface area contributed by atoms with Gasteiger partial charge >= 0.3 is 5.97 Å². The highest BCUT2D eigenvalue weighted by atomic mass is 32.2. The van der Waals surface area contributed by atoms with Crippen molar-refractivity contribution < 1.29 is 23.1 Å². The molecule has 26 heavy (non-hydrogen) atoms. The predicted octanol–water partition coefficient (Wildman–Crippen LogP) is 1.95. The number of carbonyl (C=O) groups is 2. The first kappa shape index (κ1) is 20.4. The molecule has 1 aromatic carbocycles. The summed E-state index contributed by atoms with van der Waals surface area (Å²) in [7, 11) is -3.58. The lowest BCUT2D eigenvalue weighted by atomic mass is 10.0. The monoisotopic (exact) mass is 382 g/mol. The second-order valence-electron chi connectivity index (χ2n) is 7.17. The second kappa shape index (κ2) is 8.18. The first-order valence-electron chi connectivity index (χ1n) is 8.76. The summed E-state index contributed by atoms with van der Waals surface area (Å²) in [6.45, 7) is 6.44. The normalized spacial score (nSPS) is 19.9. The van der Waals surface area contributed by atoms with Gasteiger partial charge in [-0.3, -0.25) is 4.79 Å². The van der Waals surface area contributed by atoms with Crippen LogP contribution in [0.2, 0.25) is 0 Å². The number of amides is 1. The topological polar surface area (TPSA) is 104 Å². The highest BCUT2D eigenvalue weighted by Gasteiger charge is 2.29. The van der Waals surface area contributed by atoms with Crippen LogP contribution in [0.3, 0.4) is 0 Å². The molecule has 0 aliphatic carbocycles. The van der Waals surface area contributed by atoms with E-state index in [-0.39, 0.29) is 16.4 Å². The fourth-order valence-electron chi connectivity index (χ4n) is 3.03. The van der Waals surface area contributed by atoms with Gasteiger partial charge in [0.15, 0.2) is 0 Å². The van der Waals surface area contributed by atoms with Crippen LogP contribution in [0.1, 0.15) is 44.0 Å². The first-order valence-corrected chi connectivity index (χ1v) is 10.2. The highest BCUT2D eigenvalue weighted by molar-refractivity contribution is 7.89. The molecule has 0 bridgehead atoms. The number of aliphatic carboxylic acids is 1. The molecule has 1 saturated heterocycles. The third-order valence-electron chi connectivity index (χ3n) is 4.59. The van der Waals surface area contributed by atoms with Crippen LogP contribution in [0.4, 0.5) is 0 Å². The molecule has 1 aliphatic heterocycles. The molecule has 1 aliphatic rings. The molecule has 7 nitrogen and oxygen atoms in total. The minimum absolute atomic E-state index is 0.141. The van der Waals surface area contributed by atoms with Crippen LogP contribution in [0.25, 0.3) is 0 Å². The molecule has 1 amide bonds. The summed E-state index contributed by atoms with van der Waals surface area (Å²) in [6, 6.07) is 4.62. The van der Waals surface area contributed by atoms with Gasteiger partial charge in [-0.15, -0.1) is 0 Å². The number of hydrogen-bond acceptors (Lipinski definition) is 4. The number of benzene rings is 1. The minimum atomic E-state index is -3.58. The minimum Gasteiger partial charge on any atom is -0.480 e. The lowest BCUT2D eigenvalue weighted by Crippen LogP contribution is -2.44. The van der Waals surface area contributed by atoms with Crippen LogP contribution < -0.4 is 5.32 Å². The van der Waals surface area contributed by atoms with E-state index in [1.165, 1.54) is 28.6 Å². The van der Waals surface area contributed by atoms with Crippen molar-refractivity contribution in [2.75, 3.05) is 13.1 Å². The Kier molecular flexibility index (Phi) is 6.41. The van der Waals surface area contributed by atoms with Crippen molar-refractivity contribution in [2.24, 2.45) is 11.8 Å². The van der Waals surface area contributed by atoms with Crippen LogP contribution in [-0.4, -0.2) is 48.8 Å². The van der Waals surface area contributed by atoms with E-state index < -0.39 is 27.9 Å².